The highest BCUT2D eigenvalue weighted by Crippen LogP contribution is 2.19. The zero-order valence-corrected chi connectivity index (χ0v) is 13.6. The van der Waals surface area contributed by atoms with E-state index in [0.717, 1.165) is 15.7 Å². The van der Waals surface area contributed by atoms with E-state index in [2.05, 4.69) is 26.6 Å². The molecule has 20 heavy (non-hydrogen) atoms. The van der Waals surface area contributed by atoms with E-state index in [1.54, 1.807) is 0 Å². The van der Waals surface area contributed by atoms with Crippen molar-refractivity contribution in [1.82, 2.24) is 5.32 Å². The van der Waals surface area contributed by atoms with E-state index >= 15 is 0 Å². The van der Waals surface area contributed by atoms with Crippen molar-refractivity contribution < 1.29 is 13.2 Å². The standard InChI is InChI=1S/C13H17BrN2O3S/c1-9-6-10(14)2-3-12(9)16-13(17)7-15-11-4-5-20(18,19)8-11/h2-3,6,11,15H,4-5,7-8H2,1H3,(H,16,17). The van der Waals surface area contributed by atoms with Crippen LogP contribution in [0.4, 0.5) is 5.69 Å². The van der Waals surface area contributed by atoms with Crippen LogP contribution in [-0.2, 0) is 14.6 Å². The lowest BCUT2D eigenvalue weighted by atomic mass is 10.2. The Hall–Kier alpha value is -0.920. The topological polar surface area (TPSA) is 75.3 Å². The van der Waals surface area contributed by atoms with E-state index in [1.165, 1.54) is 0 Å². The van der Waals surface area contributed by atoms with E-state index in [9.17, 15) is 13.2 Å². The number of aryl methyl sites for hydroxylation is 1. The normalized spacial score (nSPS) is 20.8. The van der Waals surface area contributed by atoms with Crippen molar-refractivity contribution in [2.24, 2.45) is 0 Å². The summed E-state index contributed by atoms with van der Waals surface area (Å²) in [5, 5.41) is 5.80. The highest BCUT2D eigenvalue weighted by molar-refractivity contribution is 9.10. The van der Waals surface area contributed by atoms with Crippen LogP contribution in [0.2, 0.25) is 0 Å². The number of benzene rings is 1. The molecule has 7 heteroatoms. The van der Waals surface area contributed by atoms with Crippen molar-refractivity contribution in [3.8, 4) is 0 Å². The number of hydrogen-bond donors (Lipinski definition) is 2. The predicted octanol–water partition coefficient (Wildman–Crippen LogP) is 1.47. The highest BCUT2D eigenvalue weighted by atomic mass is 79.9. The quantitative estimate of drug-likeness (QED) is 0.852. The summed E-state index contributed by atoms with van der Waals surface area (Å²) < 4.78 is 23.6. The fraction of sp³-hybridized carbons (Fsp3) is 0.462. The molecule has 1 fully saturated rings. The van der Waals surface area contributed by atoms with Crippen molar-refractivity contribution in [3.05, 3.63) is 28.2 Å². The van der Waals surface area contributed by atoms with E-state index in [4.69, 9.17) is 0 Å². The third-order valence-corrected chi connectivity index (χ3v) is 5.51. The van der Waals surface area contributed by atoms with Crippen LogP contribution >= 0.6 is 15.9 Å². The van der Waals surface area contributed by atoms with Crippen LogP contribution in [0.3, 0.4) is 0 Å². The van der Waals surface area contributed by atoms with Crippen molar-refractivity contribution in [3.63, 3.8) is 0 Å². The van der Waals surface area contributed by atoms with Crippen molar-refractivity contribution >= 4 is 37.4 Å². The Labute approximate surface area is 127 Å². The maximum atomic E-state index is 11.8. The van der Waals surface area contributed by atoms with Crippen molar-refractivity contribution in [1.29, 1.82) is 0 Å². The lowest BCUT2D eigenvalue weighted by Gasteiger charge is -2.12. The van der Waals surface area contributed by atoms with Gasteiger partial charge in [0.2, 0.25) is 5.91 Å². The van der Waals surface area contributed by atoms with Crippen LogP contribution in [0.5, 0.6) is 0 Å². The van der Waals surface area contributed by atoms with Gasteiger partial charge in [0.25, 0.3) is 0 Å². The smallest absolute Gasteiger partial charge is 0.238 e. The largest absolute Gasteiger partial charge is 0.325 e. The van der Waals surface area contributed by atoms with Gasteiger partial charge in [0.15, 0.2) is 9.84 Å². The Morgan fingerprint density at radius 2 is 2.20 bits per heavy atom. The van der Waals surface area contributed by atoms with Gasteiger partial charge in [-0.3, -0.25) is 4.79 Å². The summed E-state index contributed by atoms with van der Waals surface area (Å²) in [7, 11) is -2.91. The molecule has 1 aromatic rings. The third kappa shape index (κ3) is 4.29. The summed E-state index contributed by atoms with van der Waals surface area (Å²) in [6, 6.07) is 5.50. The molecule has 1 aromatic carbocycles. The molecule has 1 aliphatic heterocycles. The summed E-state index contributed by atoms with van der Waals surface area (Å²) in [4.78, 5) is 11.8. The van der Waals surface area contributed by atoms with Crippen LogP contribution in [0, 0.1) is 6.92 Å². The molecule has 5 nitrogen and oxygen atoms in total. The number of amides is 1. The molecular weight excluding hydrogens is 344 g/mol. The fourth-order valence-electron chi connectivity index (χ4n) is 2.15. The van der Waals surface area contributed by atoms with Crippen LogP contribution in [0.15, 0.2) is 22.7 Å². The van der Waals surface area contributed by atoms with Gasteiger partial charge in [0.1, 0.15) is 0 Å². The summed E-state index contributed by atoms with van der Waals surface area (Å²) in [6.07, 6.45) is 0.576. The van der Waals surface area contributed by atoms with Crippen LogP contribution in [0.25, 0.3) is 0 Å². The first-order valence-corrected chi connectivity index (χ1v) is 8.97. The average molecular weight is 361 g/mol. The number of halogens is 1. The Kier molecular flexibility index (Phi) is 4.82. The monoisotopic (exact) mass is 360 g/mol. The molecule has 1 heterocycles. The number of sulfone groups is 1. The third-order valence-electron chi connectivity index (χ3n) is 3.25. The molecule has 1 aliphatic rings. The molecule has 1 atom stereocenters. The number of carbonyl (C=O) groups excluding carboxylic acids is 1. The maximum Gasteiger partial charge on any atom is 0.238 e. The molecule has 0 aliphatic carbocycles. The molecule has 0 radical (unpaired) electrons. The minimum Gasteiger partial charge on any atom is -0.325 e. The molecule has 2 N–H and O–H groups in total. The summed E-state index contributed by atoms with van der Waals surface area (Å²) in [5.74, 6) is 0.162. The first-order valence-electron chi connectivity index (χ1n) is 6.35. The van der Waals surface area contributed by atoms with Crippen LogP contribution < -0.4 is 10.6 Å². The Bertz CT molecular complexity index is 616. The van der Waals surface area contributed by atoms with E-state index in [-0.39, 0.29) is 30.0 Å². The zero-order chi connectivity index (χ0) is 14.8. The SMILES string of the molecule is Cc1cc(Br)ccc1NC(=O)CNC1CCS(=O)(=O)C1. The highest BCUT2D eigenvalue weighted by Gasteiger charge is 2.27. The minimum absolute atomic E-state index is 0.114. The lowest BCUT2D eigenvalue weighted by molar-refractivity contribution is -0.115. The number of nitrogens with one attached hydrogen (secondary N) is 2. The minimum atomic E-state index is -2.91. The molecule has 0 saturated carbocycles. The Balaban J connectivity index is 1.84. The summed E-state index contributed by atoms with van der Waals surface area (Å²) >= 11 is 3.37. The second-order valence-electron chi connectivity index (χ2n) is 4.99. The number of rotatable bonds is 4. The van der Waals surface area contributed by atoms with Crippen LogP contribution in [-0.4, -0.2) is 38.4 Å². The van der Waals surface area contributed by atoms with Gasteiger partial charge in [0.05, 0.1) is 18.1 Å². The molecule has 110 valence electrons. The van der Waals surface area contributed by atoms with Crippen molar-refractivity contribution in [2.75, 3.05) is 23.4 Å². The molecule has 1 saturated heterocycles. The summed E-state index contributed by atoms with van der Waals surface area (Å²) in [5.41, 5.74) is 1.73. The Morgan fingerprint density at radius 3 is 2.80 bits per heavy atom. The van der Waals surface area contributed by atoms with Gasteiger partial charge in [-0.25, -0.2) is 8.42 Å². The molecule has 1 unspecified atom stereocenters. The zero-order valence-electron chi connectivity index (χ0n) is 11.1. The number of hydrogen-bond acceptors (Lipinski definition) is 4. The van der Waals surface area contributed by atoms with E-state index in [1.807, 2.05) is 25.1 Å². The average Bonchev–Trinajstić information content (AvgIpc) is 2.70. The fourth-order valence-corrected chi connectivity index (χ4v) is 4.34. The number of carbonyl (C=O) groups is 1. The van der Waals surface area contributed by atoms with E-state index < -0.39 is 9.84 Å². The second kappa shape index (κ2) is 6.24. The number of anilines is 1. The molecule has 1 amide bonds. The first kappa shape index (κ1) is 15.5. The molecule has 0 bridgehead atoms. The van der Waals surface area contributed by atoms with Gasteiger partial charge < -0.3 is 10.6 Å². The van der Waals surface area contributed by atoms with Gasteiger partial charge >= 0.3 is 0 Å². The molecule has 0 spiro atoms. The van der Waals surface area contributed by atoms with Gasteiger partial charge in [-0.15, -0.1) is 0 Å². The molecular formula is C13H17BrN2O3S. The van der Waals surface area contributed by atoms with Gasteiger partial charge in [-0.1, -0.05) is 15.9 Å². The van der Waals surface area contributed by atoms with Gasteiger partial charge in [-0.2, -0.15) is 0 Å². The second-order valence-corrected chi connectivity index (χ2v) is 8.13. The Morgan fingerprint density at radius 1 is 1.45 bits per heavy atom. The maximum absolute atomic E-state index is 11.8. The van der Waals surface area contributed by atoms with Crippen LogP contribution in [0.1, 0.15) is 12.0 Å². The predicted molar refractivity (Wildman–Crippen MR) is 82.6 cm³/mol. The van der Waals surface area contributed by atoms with Crippen molar-refractivity contribution in [2.45, 2.75) is 19.4 Å². The summed E-state index contributed by atoms with van der Waals surface area (Å²) in [6.45, 7) is 2.03. The molecule has 0 aromatic heterocycles. The molecule has 2 rings (SSSR count). The van der Waals surface area contributed by atoms with E-state index in [0.29, 0.717) is 6.42 Å². The van der Waals surface area contributed by atoms with Gasteiger partial charge in [-0.05, 0) is 37.1 Å². The lowest BCUT2D eigenvalue weighted by Crippen LogP contribution is -2.36. The van der Waals surface area contributed by atoms with Gasteiger partial charge in [0, 0.05) is 16.2 Å². The first-order chi connectivity index (χ1) is 9.35.